The zero-order chi connectivity index (χ0) is 12.8. The molecule has 1 aliphatic heterocycles. The van der Waals surface area contributed by atoms with Crippen molar-refractivity contribution in [2.75, 3.05) is 20.2 Å². The first-order chi connectivity index (χ1) is 8.08. The summed E-state index contributed by atoms with van der Waals surface area (Å²) in [5, 5.41) is 2.72. The lowest BCUT2D eigenvalue weighted by atomic mass is 10.0. The van der Waals surface area contributed by atoms with Crippen LogP contribution in [0.1, 0.15) is 33.1 Å². The predicted octanol–water partition coefficient (Wildman–Crippen LogP) is 1.38. The highest BCUT2D eigenvalue weighted by Gasteiger charge is 2.25. The summed E-state index contributed by atoms with van der Waals surface area (Å²) in [7, 11) is 1.33. The minimum absolute atomic E-state index is 0.159. The molecule has 17 heavy (non-hydrogen) atoms. The average Bonchev–Trinajstić information content (AvgIpc) is 2.34. The number of nitrogens with one attached hydrogen (secondary N) is 1. The lowest BCUT2D eigenvalue weighted by molar-refractivity contribution is -0.142. The van der Waals surface area contributed by atoms with Crippen molar-refractivity contribution in [1.82, 2.24) is 10.2 Å². The molecule has 0 saturated carbocycles. The summed E-state index contributed by atoms with van der Waals surface area (Å²) in [6.07, 6.45) is 2.74. The fraction of sp³-hybridized carbons (Fsp3) is 0.833. The minimum Gasteiger partial charge on any atom is -0.467 e. The highest BCUT2D eigenvalue weighted by atomic mass is 16.5. The number of amides is 2. The number of carbonyl (C=O) groups excluding carboxylic acids is 2. The summed E-state index contributed by atoms with van der Waals surface area (Å²) >= 11 is 0. The van der Waals surface area contributed by atoms with E-state index in [1.54, 1.807) is 4.90 Å². The first-order valence-electron chi connectivity index (χ1n) is 6.21. The number of esters is 1. The van der Waals surface area contributed by atoms with Crippen molar-refractivity contribution in [1.29, 1.82) is 0 Å². The SMILES string of the molecule is CCC(NC(=O)N1CCCC(C)C1)C(=O)OC. The van der Waals surface area contributed by atoms with Crippen LogP contribution in [0.5, 0.6) is 0 Å². The van der Waals surface area contributed by atoms with E-state index in [4.69, 9.17) is 0 Å². The molecule has 0 aromatic rings. The molecule has 0 radical (unpaired) electrons. The largest absolute Gasteiger partial charge is 0.467 e. The quantitative estimate of drug-likeness (QED) is 0.761. The zero-order valence-corrected chi connectivity index (χ0v) is 10.9. The van der Waals surface area contributed by atoms with E-state index in [1.165, 1.54) is 7.11 Å². The molecule has 0 aromatic carbocycles. The fourth-order valence-electron chi connectivity index (χ4n) is 2.08. The van der Waals surface area contributed by atoms with Crippen LogP contribution in [0.3, 0.4) is 0 Å². The molecule has 1 aliphatic rings. The Kier molecular flexibility index (Phi) is 5.25. The molecule has 1 heterocycles. The molecule has 98 valence electrons. The third-order valence-electron chi connectivity index (χ3n) is 3.14. The van der Waals surface area contributed by atoms with Crippen molar-refractivity contribution in [3.05, 3.63) is 0 Å². The van der Waals surface area contributed by atoms with Gasteiger partial charge in [-0.05, 0) is 25.2 Å². The number of hydrogen-bond acceptors (Lipinski definition) is 3. The van der Waals surface area contributed by atoms with Gasteiger partial charge in [0.15, 0.2) is 0 Å². The summed E-state index contributed by atoms with van der Waals surface area (Å²) in [6, 6.07) is -0.696. The number of ether oxygens (including phenoxy) is 1. The molecule has 0 bridgehead atoms. The normalized spacial score (nSPS) is 21.8. The Hall–Kier alpha value is -1.26. The zero-order valence-electron chi connectivity index (χ0n) is 10.9. The van der Waals surface area contributed by atoms with Crippen molar-refractivity contribution in [3.8, 4) is 0 Å². The maximum Gasteiger partial charge on any atom is 0.328 e. The Morgan fingerprint density at radius 2 is 2.24 bits per heavy atom. The first kappa shape index (κ1) is 13.8. The van der Waals surface area contributed by atoms with Crippen LogP contribution in [-0.4, -0.2) is 43.1 Å². The standard InChI is InChI=1S/C12H22N2O3/c1-4-10(11(15)17-3)13-12(16)14-7-5-6-9(2)8-14/h9-10H,4-8H2,1-3H3,(H,13,16). The molecule has 2 atom stereocenters. The van der Waals surface area contributed by atoms with Crippen molar-refractivity contribution >= 4 is 12.0 Å². The van der Waals surface area contributed by atoms with E-state index in [9.17, 15) is 9.59 Å². The summed E-state index contributed by atoms with van der Waals surface area (Å²) in [5.74, 6) is 0.151. The molecular formula is C12H22N2O3. The van der Waals surface area contributed by atoms with Gasteiger partial charge in [-0.15, -0.1) is 0 Å². The number of rotatable bonds is 3. The van der Waals surface area contributed by atoms with Gasteiger partial charge in [-0.3, -0.25) is 0 Å². The van der Waals surface area contributed by atoms with Crippen molar-refractivity contribution in [2.45, 2.75) is 39.2 Å². The van der Waals surface area contributed by atoms with Crippen LogP contribution < -0.4 is 5.32 Å². The third-order valence-corrected chi connectivity index (χ3v) is 3.14. The Morgan fingerprint density at radius 1 is 1.53 bits per heavy atom. The topological polar surface area (TPSA) is 58.6 Å². The van der Waals surface area contributed by atoms with Crippen molar-refractivity contribution in [2.24, 2.45) is 5.92 Å². The van der Waals surface area contributed by atoms with Crippen LogP contribution in [0, 0.1) is 5.92 Å². The molecule has 5 heteroatoms. The van der Waals surface area contributed by atoms with E-state index < -0.39 is 6.04 Å². The molecule has 1 rings (SSSR count). The van der Waals surface area contributed by atoms with E-state index in [0.717, 1.165) is 25.9 Å². The third kappa shape index (κ3) is 3.91. The summed E-state index contributed by atoms with van der Waals surface area (Å²) < 4.78 is 4.64. The van der Waals surface area contributed by atoms with E-state index in [1.807, 2.05) is 6.92 Å². The number of methoxy groups -OCH3 is 1. The Balaban J connectivity index is 2.49. The number of carbonyl (C=O) groups is 2. The lowest BCUT2D eigenvalue weighted by Crippen LogP contribution is -2.50. The molecule has 1 fully saturated rings. The van der Waals surface area contributed by atoms with Crippen LogP contribution in [0.4, 0.5) is 4.79 Å². The van der Waals surface area contributed by atoms with Gasteiger partial charge < -0.3 is 15.0 Å². The maximum atomic E-state index is 11.9. The number of nitrogens with zero attached hydrogens (tertiary/aromatic N) is 1. The molecule has 2 unspecified atom stereocenters. The second-order valence-corrected chi connectivity index (χ2v) is 4.63. The highest BCUT2D eigenvalue weighted by molar-refractivity contribution is 5.83. The van der Waals surface area contributed by atoms with Gasteiger partial charge in [0.25, 0.3) is 0 Å². The minimum atomic E-state index is -0.537. The van der Waals surface area contributed by atoms with E-state index in [2.05, 4.69) is 17.0 Å². The number of urea groups is 1. The Labute approximate surface area is 102 Å². The van der Waals surface area contributed by atoms with Gasteiger partial charge in [0.1, 0.15) is 6.04 Å². The van der Waals surface area contributed by atoms with Crippen LogP contribution in [-0.2, 0) is 9.53 Å². The van der Waals surface area contributed by atoms with Gasteiger partial charge >= 0.3 is 12.0 Å². The van der Waals surface area contributed by atoms with Gasteiger partial charge in [0, 0.05) is 13.1 Å². The molecule has 1 saturated heterocycles. The van der Waals surface area contributed by atoms with E-state index in [-0.39, 0.29) is 12.0 Å². The molecule has 1 N–H and O–H groups in total. The van der Waals surface area contributed by atoms with Gasteiger partial charge in [0.2, 0.25) is 0 Å². The molecule has 0 aromatic heterocycles. The van der Waals surface area contributed by atoms with E-state index >= 15 is 0 Å². The summed E-state index contributed by atoms with van der Waals surface area (Å²) in [5.41, 5.74) is 0. The number of hydrogen-bond donors (Lipinski definition) is 1. The summed E-state index contributed by atoms with van der Waals surface area (Å²) in [6.45, 7) is 5.52. The number of likely N-dealkylation sites (tertiary alicyclic amines) is 1. The molecule has 2 amide bonds. The first-order valence-corrected chi connectivity index (χ1v) is 6.21. The Morgan fingerprint density at radius 3 is 2.76 bits per heavy atom. The molecule has 0 spiro atoms. The molecule has 5 nitrogen and oxygen atoms in total. The number of piperidine rings is 1. The lowest BCUT2D eigenvalue weighted by Gasteiger charge is -2.31. The Bertz CT molecular complexity index is 281. The van der Waals surface area contributed by atoms with Gasteiger partial charge in [-0.2, -0.15) is 0 Å². The van der Waals surface area contributed by atoms with Gasteiger partial charge in [0.05, 0.1) is 7.11 Å². The van der Waals surface area contributed by atoms with Crippen LogP contribution in [0.2, 0.25) is 0 Å². The van der Waals surface area contributed by atoms with Crippen LogP contribution in [0.15, 0.2) is 0 Å². The van der Waals surface area contributed by atoms with Crippen molar-refractivity contribution in [3.63, 3.8) is 0 Å². The monoisotopic (exact) mass is 242 g/mol. The molecular weight excluding hydrogens is 220 g/mol. The molecule has 0 aliphatic carbocycles. The predicted molar refractivity (Wildman–Crippen MR) is 64.6 cm³/mol. The van der Waals surface area contributed by atoms with Crippen molar-refractivity contribution < 1.29 is 14.3 Å². The maximum absolute atomic E-state index is 11.9. The van der Waals surface area contributed by atoms with Gasteiger partial charge in [-0.25, -0.2) is 9.59 Å². The van der Waals surface area contributed by atoms with Gasteiger partial charge in [-0.1, -0.05) is 13.8 Å². The second-order valence-electron chi connectivity index (χ2n) is 4.63. The fourth-order valence-corrected chi connectivity index (χ4v) is 2.08. The van der Waals surface area contributed by atoms with Crippen LogP contribution >= 0.6 is 0 Å². The van der Waals surface area contributed by atoms with E-state index in [0.29, 0.717) is 12.3 Å². The smallest absolute Gasteiger partial charge is 0.328 e. The van der Waals surface area contributed by atoms with Crippen LogP contribution in [0.25, 0.3) is 0 Å². The highest BCUT2D eigenvalue weighted by Crippen LogP contribution is 2.15. The second kappa shape index (κ2) is 6.47. The average molecular weight is 242 g/mol. The summed E-state index contributed by atoms with van der Waals surface area (Å²) in [4.78, 5) is 25.1.